The maximum Gasteiger partial charge on any atom is 0.167 e. The van der Waals surface area contributed by atoms with Gasteiger partial charge in [0.05, 0.1) is 18.6 Å². The van der Waals surface area contributed by atoms with Crippen molar-refractivity contribution in [1.82, 2.24) is 0 Å². The fourth-order valence-corrected chi connectivity index (χ4v) is 5.42. The first-order chi connectivity index (χ1) is 17.9. The molecule has 206 valence electrons. The molecule has 0 aliphatic heterocycles. The van der Waals surface area contributed by atoms with Crippen molar-refractivity contribution < 1.29 is 29.7 Å². The lowest BCUT2D eigenvalue weighted by molar-refractivity contribution is -0.131. The van der Waals surface area contributed by atoms with E-state index in [0.29, 0.717) is 24.8 Å². The van der Waals surface area contributed by atoms with Crippen molar-refractivity contribution >= 4 is 23.0 Å². The summed E-state index contributed by atoms with van der Waals surface area (Å²) in [6.45, 7) is 8.09. The van der Waals surface area contributed by atoms with Crippen LogP contribution in [0.25, 0.3) is 11.1 Å². The van der Waals surface area contributed by atoms with E-state index in [0.717, 1.165) is 28.9 Å². The predicted octanol–water partition coefficient (Wildman–Crippen LogP) is 4.81. The summed E-state index contributed by atoms with van der Waals surface area (Å²) in [6.07, 6.45) is 1.22. The molecular weight excluding hydrogens is 482 g/mol. The lowest BCUT2D eigenvalue weighted by Crippen LogP contribution is -2.32. The number of aromatic hydroxyl groups is 1. The minimum absolute atomic E-state index is 0.0348. The number of hydrogen-bond donors (Lipinski definition) is 4. The number of phenolic OH excluding ortho intramolecular Hbond substituents is 1. The Morgan fingerprint density at radius 2 is 1.74 bits per heavy atom. The number of fused-ring (bicyclic) bond motifs is 1. The number of carbonyl (C=O) groups excluding carboxylic acids is 3. The maximum absolute atomic E-state index is 13.2. The van der Waals surface area contributed by atoms with Crippen LogP contribution in [0.15, 0.2) is 36.4 Å². The number of carbonyl (C=O) groups is 3. The SMILES string of the molecule is CC(=O)CC(=O)C(CO)C(CCO)CC1CC(=O)c2c(O)ccc(-c3ccc(NCC(C)(C)C)cc3)c2C1. The molecule has 2 aromatic rings. The zero-order valence-corrected chi connectivity index (χ0v) is 22.9. The lowest BCUT2D eigenvalue weighted by Gasteiger charge is -2.31. The highest BCUT2D eigenvalue weighted by molar-refractivity contribution is 6.03. The zero-order valence-electron chi connectivity index (χ0n) is 22.9. The van der Waals surface area contributed by atoms with Crippen LogP contribution in [-0.4, -0.2) is 52.4 Å². The molecule has 0 saturated carbocycles. The number of rotatable bonds is 12. The Morgan fingerprint density at radius 1 is 1.05 bits per heavy atom. The van der Waals surface area contributed by atoms with Crippen LogP contribution in [0.5, 0.6) is 5.75 Å². The summed E-state index contributed by atoms with van der Waals surface area (Å²) in [6, 6.07) is 11.4. The van der Waals surface area contributed by atoms with E-state index in [1.807, 2.05) is 30.3 Å². The van der Waals surface area contributed by atoms with Gasteiger partial charge in [0, 0.05) is 31.2 Å². The van der Waals surface area contributed by atoms with Gasteiger partial charge >= 0.3 is 0 Å². The Kier molecular flexibility index (Phi) is 9.85. The van der Waals surface area contributed by atoms with Crippen molar-refractivity contribution in [3.63, 3.8) is 0 Å². The van der Waals surface area contributed by atoms with Crippen molar-refractivity contribution in [2.75, 3.05) is 25.1 Å². The Hall–Kier alpha value is -3.03. The highest BCUT2D eigenvalue weighted by atomic mass is 16.3. The van der Waals surface area contributed by atoms with Crippen molar-refractivity contribution in [1.29, 1.82) is 0 Å². The van der Waals surface area contributed by atoms with Crippen LogP contribution in [0, 0.1) is 23.2 Å². The largest absolute Gasteiger partial charge is 0.507 e. The fraction of sp³-hybridized carbons (Fsp3) is 0.516. The highest BCUT2D eigenvalue weighted by Crippen LogP contribution is 2.41. The third-order valence-electron chi connectivity index (χ3n) is 7.29. The van der Waals surface area contributed by atoms with Crippen LogP contribution in [0.2, 0.25) is 0 Å². The summed E-state index contributed by atoms with van der Waals surface area (Å²) < 4.78 is 0. The average Bonchev–Trinajstić information content (AvgIpc) is 2.83. The first kappa shape index (κ1) is 29.5. The number of Topliss-reactive ketones (excluding diaryl/α,β-unsaturated/α-hetero) is 3. The molecule has 0 spiro atoms. The number of anilines is 1. The molecule has 0 radical (unpaired) electrons. The molecule has 3 unspecified atom stereocenters. The molecule has 0 fully saturated rings. The second-order valence-electron chi connectivity index (χ2n) is 11.8. The molecular formula is C31H41NO6. The molecule has 7 heteroatoms. The van der Waals surface area contributed by atoms with Gasteiger partial charge in [-0.3, -0.25) is 14.4 Å². The van der Waals surface area contributed by atoms with E-state index in [1.165, 1.54) is 6.92 Å². The molecule has 0 heterocycles. The van der Waals surface area contributed by atoms with E-state index >= 15 is 0 Å². The summed E-state index contributed by atoms with van der Waals surface area (Å²) in [4.78, 5) is 37.4. The maximum atomic E-state index is 13.2. The molecule has 1 aliphatic carbocycles. The number of benzene rings is 2. The van der Waals surface area contributed by atoms with Gasteiger partial charge < -0.3 is 20.6 Å². The van der Waals surface area contributed by atoms with Gasteiger partial charge in [-0.05, 0) is 78.3 Å². The van der Waals surface area contributed by atoms with Gasteiger partial charge in [0.25, 0.3) is 0 Å². The predicted molar refractivity (Wildman–Crippen MR) is 148 cm³/mol. The van der Waals surface area contributed by atoms with Crippen LogP contribution in [0.3, 0.4) is 0 Å². The van der Waals surface area contributed by atoms with Crippen LogP contribution in [0.1, 0.15) is 69.3 Å². The van der Waals surface area contributed by atoms with Gasteiger partial charge in [-0.15, -0.1) is 0 Å². The Labute approximate surface area is 225 Å². The van der Waals surface area contributed by atoms with E-state index in [9.17, 15) is 29.7 Å². The van der Waals surface area contributed by atoms with E-state index in [2.05, 4.69) is 26.1 Å². The van der Waals surface area contributed by atoms with Gasteiger partial charge in [0.15, 0.2) is 5.78 Å². The summed E-state index contributed by atoms with van der Waals surface area (Å²) in [5.74, 6) is -2.04. The summed E-state index contributed by atoms with van der Waals surface area (Å²) in [5.41, 5.74) is 4.08. The third-order valence-corrected chi connectivity index (χ3v) is 7.29. The normalized spacial score (nSPS) is 17.0. The fourth-order valence-electron chi connectivity index (χ4n) is 5.42. The van der Waals surface area contributed by atoms with E-state index in [4.69, 9.17) is 0 Å². The van der Waals surface area contributed by atoms with Crippen molar-refractivity contribution in [2.24, 2.45) is 23.2 Å². The summed E-state index contributed by atoms with van der Waals surface area (Å²) >= 11 is 0. The van der Waals surface area contributed by atoms with Crippen LogP contribution in [-0.2, 0) is 16.0 Å². The highest BCUT2D eigenvalue weighted by Gasteiger charge is 2.35. The van der Waals surface area contributed by atoms with Gasteiger partial charge in [-0.2, -0.15) is 0 Å². The smallest absolute Gasteiger partial charge is 0.167 e. The van der Waals surface area contributed by atoms with Gasteiger partial charge in [0.2, 0.25) is 0 Å². The second kappa shape index (κ2) is 12.7. The monoisotopic (exact) mass is 523 g/mol. The molecule has 2 aromatic carbocycles. The topological polar surface area (TPSA) is 124 Å². The second-order valence-corrected chi connectivity index (χ2v) is 11.8. The Morgan fingerprint density at radius 3 is 2.32 bits per heavy atom. The van der Waals surface area contributed by atoms with E-state index in [-0.39, 0.29) is 59.8 Å². The van der Waals surface area contributed by atoms with E-state index < -0.39 is 12.5 Å². The minimum Gasteiger partial charge on any atom is -0.507 e. The molecule has 3 rings (SSSR count). The number of aliphatic hydroxyl groups excluding tert-OH is 2. The van der Waals surface area contributed by atoms with Crippen molar-refractivity contribution in [2.45, 2.75) is 59.8 Å². The van der Waals surface area contributed by atoms with Crippen molar-refractivity contribution in [3.05, 3.63) is 47.5 Å². The zero-order chi connectivity index (χ0) is 28.0. The number of ketones is 3. The number of nitrogens with one attached hydrogen (secondary N) is 1. The van der Waals surface area contributed by atoms with Gasteiger partial charge in [-0.25, -0.2) is 0 Å². The molecule has 4 N–H and O–H groups in total. The first-order valence-corrected chi connectivity index (χ1v) is 13.4. The molecule has 38 heavy (non-hydrogen) atoms. The lowest BCUT2D eigenvalue weighted by atomic mass is 9.72. The van der Waals surface area contributed by atoms with Crippen LogP contribution < -0.4 is 5.32 Å². The standard InChI is InChI=1S/C31H41NO6/c1-19(35)13-28(37)26(17-34)22(11-12-33)14-20-15-25-24(9-10-27(36)30(25)29(38)16-20)21-5-7-23(8-6-21)32-18-31(2,3)4/h5-10,20,22,26,32-34,36H,11-18H2,1-4H3. The molecule has 3 atom stereocenters. The quantitative estimate of drug-likeness (QED) is 0.294. The van der Waals surface area contributed by atoms with Crippen LogP contribution in [0.4, 0.5) is 5.69 Å². The molecule has 7 nitrogen and oxygen atoms in total. The van der Waals surface area contributed by atoms with Gasteiger partial charge in [0.1, 0.15) is 17.3 Å². The number of hydrogen-bond acceptors (Lipinski definition) is 7. The summed E-state index contributed by atoms with van der Waals surface area (Å²) in [5, 5.41) is 33.6. The first-order valence-electron chi connectivity index (χ1n) is 13.4. The molecule has 0 saturated heterocycles. The molecule has 0 aromatic heterocycles. The molecule has 1 aliphatic rings. The van der Waals surface area contributed by atoms with Gasteiger partial charge in [-0.1, -0.05) is 39.0 Å². The van der Waals surface area contributed by atoms with Crippen LogP contribution >= 0.6 is 0 Å². The number of aliphatic hydroxyl groups is 2. The van der Waals surface area contributed by atoms with Crippen molar-refractivity contribution in [3.8, 4) is 16.9 Å². The third kappa shape index (κ3) is 7.51. The average molecular weight is 524 g/mol. The Bertz CT molecular complexity index is 1150. The Balaban J connectivity index is 1.87. The molecule has 0 amide bonds. The number of phenols is 1. The van der Waals surface area contributed by atoms with E-state index in [1.54, 1.807) is 6.07 Å². The molecule has 0 bridgehead atoms. The minimum atomic E-state index is -0.765. The summed E-state index contributed by atoms with van der Waals surface area (Å²) in [7, 11) is 0.